The predicted octanol–water partition coefficient (Wildman–Crippen LogP) is 3.65. The van der Waals surface area contributed by atoms with Gasteiger partial charge in [0, 0.05) is 48.5 Å². The summed E-state index contributed by atoms with van der Waals surface area (Å²) in [5, 5.41) is 7.99. The molecule has 28 heavy (non-hydrogen) atoms. The van der Waals surface area contributed by atoms with Crippen LogP contribution in [0.2, 0.25) is 10.0 Å². The molecule has 1 aliphatic rings. The average Bonchev–Trinajstić information content (AvgIpc) is 2.71. The molecule has 8 heteroatoms. The fraction of sp³-hybridized carbons (Fsp3) is 0.400. The predicted molar refractivity (Wildman–Crippen MR) is 115 cm³/mol. The number of nitrogens with one attached hydrogen (secondary N) is 2. The van der Waals surface area contributed by atoms with Crippen LogP contribution < -0.4 is 15.5 Å². The van der Waals surface area contributed by atoms with Gasteiger partial charge in [-0.25, -0.2) is 4.98 Å². The monoisotopic (exact) mass is 421 g/mol. The van der Waals surface area contributed by atoms with Crippen molar-refractivity contribution in [3.63, 3.8) is 0 Å². The summed E-state index contributed by atoms with van der Waals surface area (Å²) in [6, 6.07) is 9.51. The minimum atomic E-state index is -0.0245. The Labute approximate surface area is 175 Å². The van der Waals surface area contributed by atoms with E-state index in [4.69, 9.17) is 27.9 Å². The molecule has 0 spiro atoms. The summed E-state index contributed by atoms with van der Waals surface area (Å²) >= 11 is 12.3. The SMILES string of the molecule is CN=C(NCc1cccnc1N1CCOCC1)NC(C)c1ccc(Cl)cc1Cl. The van der Waals surface area contributed by atoms with Crippen LogP contribution in [0.4, 0.5) is 5.82 Å². The molecular weight excluding hydrogens is 397 g/mol. The third-order valence-electron chi connectivity index (χ3n) is 4.63. The van der Waals surface area contributed by atoms with Crippen molar-refractivity contribution in [3.8, 4) is 0 Å². The number of aromatic nitrogens is 1. The van der Waals surface area contributed by atoms with Gasteiger partial charge in [0.05, 0.1) is 19.3 Å². The number of rotatable bonds is 5. The molecule has 6 nitrogen and oxygen atoms in total. The van der Waals surface area contributed by atoms with Crippen LogP contribution in [0.5, 0.6) is 0 Å². The zero-order valence-electron chi connectivity index (χ0n) is 16.1. The Bertz CT molecular complexity index is 824. The highest BCUT2D eigenvalue weighted by atomic mass is 35.5. The molecule has 1 unspecified atom stereocenters. The molecule has 1 aliphatic heterocycles. The Balaban J connectivity index is 1.64. The van der Waals surface area contributed by atoms with Crippen LogP contribution in [0, 0.1) is 0 Å². The smallest absolute Gasteiger partial charge is 0.191 e. The van der Waals surface area contributed by atoms with E-state index in [-0.39, 0.29) is 6.04 Å². The third-order valence-corrected chi connectivity index (χ3v) is 5.19. The highest BCUT2D eigenvalue weighted by Crippen LogP contribution is 2.26. The average molecular weight is 422 g/mol. The molecule has 2 N–H and O–H groups in total. The molecule has 2 heterocycles. The Kier molecular flexibility index (Phi) is 7.36. The molecule has 2 aromatic rings. The van der Waals surface area contributed by atoms with Crippen molar-refractivity contribution in [3.05, 3.63) is 57.7 Å². The summed E-state index contributed by atoms with van der Waals surface area (Å²) in [7, 11) is 1.75. The van der Waals surface area contributed by atoms with Gasteiger partial charge in [0.2, 0.25) is 0 Å². The topological polar surface area (TPSA) is 61.8 Å². The number of benzene rings is 1. The lowest BCUT2D eigenvalue weighted by atomic mass is 10.1. The van der Waals surface area contributed by atoms with Crippen LogP contribution in [-0.4, -0.2) is 44.3 Å². The van der Waals surface area contributed by atoms with E-state index in [9.17, 15) is 0 Å². The van der Waals surface area contributed by atoms with Crippen LogP contribution in [0.1, 0.15) is 24.1 Å². The molecule has 3 rings (SSSR count). The molecule has 1 aromatic carbocycles. The lowest BCUT2D eigenvalue weighted by Crippen LogP contribution is -2.40. The van der Waals surface area contributed by atoms with E-state index in [2.05, 4.69) is 31.6 Å². The van der Waals surface area contributed by atoms with E-state index >= 15 is 0 Å². The Morgan fingerprint density at radius 1 is 1.29 bits per heavy atom. The summed E-state index contributed by atoms with van der Waals surface area (Å²) in [5.41, 5.74) is 2.08. The normalized spacial score (nSPS) is 16.0. The molecular formula is C20H25Cl2N5O. The number of guanidine groups is 1. The van der Waals surface area contributed by atoms with Crippen molar-refractivity contribution in [1.29, 1.82) is 0 Å². The molecule has 0 saturated carbocycles. The maximum absolute atomic E-state index is 6.32. The lowest BCUT2D eigenvalue weighted by molar-refractivity contribution is 0.122. The van der Waals surface area contributed by atoms with Crippen molar-refractivity contribution in [2.24, 2.45) is 4.99 Å². The van der Waals surface area contributed by atoms with Gasteiger partial charge in [-0.05, 0) is 30.7 Å². The molecule has 1 atom stereocenters. The second-order valence-corrected chi connectivity index (χ2v) is 7.39. The zero-order valence-corrected chi connectivity index (χ0v) is 17.6. The highest BCUT2D eigenvalue weighted by Gasteiger charge is 2.16. The molecule has 0 radical (unpaired) electrons. The number of hydrogen-bond acceptors (Lipinski definition) is 4. The van der Waals surface area contributed by atoms with Crippen LogP contribution in [0.25, 0.3) is 0 Å². The number of nitrogens with zero attached hydrogens (tertiary/aromatic N) is 3. The standard InChI is InChI=1S/C20H25Cl2N5O/c1-14(17-6-5-16(21)12-18(17)22)26-20(23-2)25-13-15-4-3-7-24-19(15)27-8-10-28-11-9-27/h3-7,12,14H,8-11,13H2,1-2H3,(H2,23,25,26). The van der Waals surface area contributed by atoms with Gasteiger partial charge in [0.1, 0.15) is 5.82 Å². The number of halogens is 2. The molecule has 1 aromatic heterocycles. The first-order valence-corrected chi connectivity index (χ1v) is 10.0. The Hall–Kier alpha value is -2.02. The summed E-state index contributed by atoms with van der Waals surface area (Å²) in [5.74, 6) is 1.68. The maximum Gasteiger partial charge on any atom is 0.191 e. The number of ether oxygens (including phenoxy) is 1. The van der Waals surface area contributed by atoms with Gasteiger partial charge in [-0.2, -0.15) is 0 Å². The molecule has 1 saturated heterocycles. The Morgan fingerprint density at radius 3 is 2.79 bits per heavy atom. The number of hydrogen-bond donors (Lipinski definition) is 2. The van der Waals surface area contributed by atoms with E-state index in [0.717, 1.165) is 43.2 Å². The molecule has 1 fully saturated rings. The number of morpholine rings is 1. The van der Waals surface area contributed by atoms with Crippen molar-refractivity contribution >= 4 is 35.0 Å². The first kappa shape index (κ1) is 20.7. The second-order valence-electron chi connectivity index (χ2n) is 6.54. The van der Waals surface area contributed by atoms with Crippen molar-refractivity contribution in [2.75, 3.05) is 38.3 Å². The first-order chi connectivity index (χ1) is 13.6. The summed E-state index contributed by atoms with van der Waals surface area (Å²) in [4.78, 5) is 11.2. The van der Waals surface area contributed by atoms with Crippen molar-refractivity contribution in [2.45, 2.75) is 19.5 Å². The van der Waals surface area contributed by atoms with Crippen LogP contribution >= 0.6 is 23.2 Å². The molecule has 0 amide bonds. The fourth-order valence-corrected chi connectivity index (χ4v) is 3.71. The number of aliphatic imine (C=N–C) groups is 1. The van der Waals surface area contributed by atoms with E-state index < -0.39 is 0 Å². The van der Waals surface area contributed by atoms with Gasteiger partial charge in [0.25, 0.3) is 0 Å². The minimum Gasteiger partial charge on any atom is -0.378 e. The molecule has 0 aliphatic carbocycles. The number of anilines is 1. The quantitative estimate of drug-likeness (QED) is 0.569. The van der Waals surface area contributed by atoms with Gasteiger partial charge in [-0.1, -0.05) is 35.3 Å². The van der Waals surface area contributed by atoms with Crippen molar-refractivity contribution in [1.82, 2.24) is 15.6 Å². The molecule has 150 valence electrons. The summed E-state index contributed by atoms with van der Waals surface area (Å²) in [6.07, 6.45) is 1.83. The highest BCUT2D eigenvalue weighted by molar-refractivity contribution is 6.35. The first-order valence-electron chi connectivity index (χ1n) is 9.27. The number of pyridine rings is 1. The minimum absolute atomic E-state index is 0.0245. The molecule has 0 bridgehead atoms. The van der Waals surface area contributed by atoms with E-state index in [1.54, 1.807) is 13.1 Å². The maximum atomic E-state index is 6.32. The van der Waals surface area contributed by atoms with Gasteiger partial charge < -0.3 is 20.3 Å². The van der Waals surface area contributed by atoms with Crippen LogP contribution in [0.15, 0.2) is 41.5 Å². The van der Waals surface area contributed by atoms with Crippen LogP contribution in [-0.2, 0) is 11.3 Å². The Morgan fingerprint density at radius 2 is 2.07 bits per heavy atom. The van der Waals surface area contributed by atoms with Crippen molar-refractivity contribution < 1.29 is 4.74 Å². The largest absolute Gasteiger partial charge is 0.378 e. The third kappa shape index (κ3) is 5.28. The zero-order chi connectivity index (χ0) is 19.9. The summed E-state index contributed by atoms with van der Waals surface area (Å²) < 4.78 is 5.45. The van der Waals surface area contributed by atoms with E-state index in [1.807, 2.05) is 31.3 Å². The van der Waals surface area contributed by atoms with Crippen LogP contribution in [0.3, 0.4) is 0 Å². The van der Waals surface area contributed by atoms with Gasteiger partial charge in [-0.15, -0.1) is 0 Å². The summed E-state index contributed by atoms with van der Waals surface area (Å²) in [6.45, 7) is 5.80. The van der Waals surface area contributed by atoms with E-state index in [1.165, 1.54) is 0 Å². The second kappa shape index (κ2) is 9.96. The van der Waals surface area contributed by atoms with E-state index in [0.29, 0.717) is 22.5 Å². The van der Waals surface area contributed by atoms with Gasteiger partial charge in [0.15, 0.2) is 5.96 Å². The fourth-order valence-electron chi connectivity index (χ4n) is 3.14. The lowest BCUT2D eigenvalue weighted by Gasteiger charge is -2.29. The van der Waals surface area contributed by atoms with Gasteiger partial charge >= 0.3 is 0 Å². The van der Waals surface area contributed by atoms with Gasteiger partial charge in [-0.3, -0.25) is 4.99 Å².